The summed E-state index contributed by atoms with van der Waals surface area (Å²) in [6.07, 6.45) is 13.6. The summed E-state index contributed by atoms with van der Waals surface area (Å²) in [4.78, 5) is 13.6. The Bertz CT molecular complexity index is 526. The lowest BCUT2D eigenvalue weighted by Crippen LogP contribution is -2.33. The van der Waals surface area contributed by atoms with Crippen molar-refractivity contribution >= 4 is 5.91 Å². The van der Waals surface area contributed by atoms with E-state index in [1.807, 2.05) is 11.8 Å². The molecule has 5 nitrogen and oxygen atoms in total. The molecule has 0 aromatic heterocycles. The van der Waals surface area contributed by atoms with E-state index in [4.69, 9.17) is 9.47 Å². The van der Waals surface area contributed by atoms with Crippen LogP contribution in [0.5, 0.6) is 0 Å². The van der Waals surface area contributed by atoms with Gasteiger partial charge in [-0.15, -0.1) is 0 Å². The molecule has 0 radical (unpaired) electrons. The van der Waals surface area contributed by atoms with E-state index in [0.29, 0.717) is 25.7 Å². The SMILES string of the molecule is CCC(CC(C)C1CCC(O)CC1)C1CCC(OC(C)OCCN2CCCC2=O)CC1. The average molecular weight is 438 g/mol. The molecule has 1 heterocycles. The zero-order chi connectivity index (χ0) is 22.2. The lowest BCUT2D eigenvalue weighted by molar-refractivity contribution is -0.171. The van der Waals surface area contributed by atoms with E-state index in [1.165, 1.54) is 38.5 Å². The standard InChI is InChI=1S/C26H47NO4/c1-4-21(18-19(2)22-7-11-24(28)12-8-22)23-9-13-25(14-10-23)31-20(3)30-17-16-27-15-5-6-26(27)29/h19-25,28H,4-18H2,1-3H3. The number of hydrogen-bond acceptors (Lipinski definition) is 4. The van der Waals surface area contributed by atoms with Crippen LogP contribution in [0.15, 0.2) is 0 Å². The molecule has 2 aliphatic carbocycles. The maximum Gasteiger partial charge on any atom is 0.222 e. The summed E-state index contributed by atoms with van der Waals surface area (Å²) in [6.45, 7) is 8.95. The van der Waals surface area contributed by atoms with Crippen LogP contribution in [0.25, 0.3) is 0 Å². The molecule has 180 valence electrons. The Morgan fingerprint density at radius 3 is 2.32 bits per heavy atom. The molecule has 31 heavy (non-hydrogen) atoms. The zero-order valence-electron chi connectivity index (χ0n) is 20.3. The highest BCUT2D eigenvalue weighted by atomic mass is 16.7. The summed E-state index contributed by atoms with van der Waals surface area (Å²) in [7, 11) is 0. The van der Waals surface area contributed by atoms with Crippen molar-refractivity contribution in [1.29, 1.82) is 0 Å². The minimum Gasteiger partial charge on any atom is -0.393 e. The molecular formula is C26H47NO4. The van der Waals surface area contributed by atoms with Gasteiger partial charge >= 0.3 is 0 Å². The molecule has 2 saturated carbocycles. The van der Waals surface area contributed by atoms with Crippen LogP contribution in [0.3, 0.4) is 0 Å². The quantitative estimate of drug-likeness (QED) is 0.454. The molecule has 0 bridgehead atoms. The summed E-state index contributed by atoms with van der Waals surface area (Å²) in [5, 5.41) is 9.80. The van der Waals surface area contributed by atoms with Crippen molar-refractivity contribution in [2.75, 3.05) is 19.7 Å². The Kier molecular flexibility index (Phi) is 10.1. The second-order valence-corrected chi connectivity index (χ2v) is 10.5. The minimum absolute atomic E-state index is 0.0465. The Hall–Kier alpha value is -0.650. The number of likely N-dealkylation sites (tertiary alicyclic amines) is 1. The van der Waals surface area contributed by atoms with Gasteiger partial charge in [0.1, 0.15) is 0 Å². The van der Waals surface area contributed by atoms with E-state index in [1.54, 1.807) is 0 Å². The number of amides is 1. The smallest absolute Gasteiger partial charge is 0.222 e. The van der Waals surface area contributed by atoms with E-state index in [2.05, 4.69) is 13.8 Å². The molecule has 1 aliphatic heterocycles. The van der Waals surface area contributed by atoms with Crippen LogP contribution in [0, 0.1) is 23.7 Å². The minimum atomic E-state index is -0.192. The van der Waals surface area contributed by atoms with Crippen molar-refractivity contribution in [1.82, 2.24) is 4.90 Å². The summed E-state index contributed by atoms with van der Waals surface area (Å²) >= 11 is 0. The predicted molar refractivity (Wildman–Crippen MR) is 124 cm³/mol. The van der Waals surface area contributed by atoms with E-state index < -0.39 is 0 Å². The summed E-state index contributed by atoms with van der Waals surface area (Å²) in [5.74, 6) is 3.51. The van der Waals surface area contributed by atoms with Gasteiger partial charge in [-0.1, -0.05) is 20.3 Å². The van der Waals surface area contributed by atoms with Crippen LogP contribution in [-0.4, -0.2) is 54.1 Å². The maximum absolute atomic E-state index is 11.7. The van der Waals surface area contributed by atoms with Crippen LogP contribution in [-0.2, 0) is 14.3 Å². The average Bonchev–Trinajstić information content (AvgIpc) is 3.17. The molecule has 0 aromatic carbocycles. The molecule has 3 aliphatic rings. The monoisotopic (exact) mass is 437 g/mol. The second-order valence-electron chi connectivity index (χ2n) is 10.5. The van der Waals surface area contributed by atoms with E-state index in [-0.39, 0.29) is 18.3 Å². The first-order valence-electron chi connectivity index (χ1n) is 13.2. The molecule has 1 saturated heterocycles. The zero-order valence-corrected chi connectivity index (χ0v) is 20.3. The van der Waals surface area contributed by atoms with Gasteiger partial charge in [0.05, 0.1) is 18.8 Å². The first kappa shape index (κ1) is 25.0. The Labute approximate surface area is 190 Å². The maximum atomic E-state index is 11.7. The molecule has 0 spiro atoms. The molecular weight excluding hydrogens is 390 g/mol. The molecule has 5 heteroatoms. The van der Waals surface area contributed by atoms with Gasteiger partial charge < -0.3 is 19.5 Å². The summed E-state index contributed by atoms with van der Waals surface area (Å²) in [6, 6.07) is 0. The molecule has 0 aromatic rings. The third-order valence-electron chi connectivity index (χ3n) is 8.40. The van der Waals surface area contributed by atoms with Gasteiger partial charge in [0, 0.05) is 19.5 Å². The van der Waals surface area contributed by atoms with E-state index >= 15 is 0 Å². The fourth-order valence-electron chi connectivity index (χ4n) is 6.31. The number of aliphatic hydroxyl groups is 1. The first-order valence-corrected chi connectivity index (χ1v) is 13.2. The van der Waals surface area contributed by atoms with Gasteiger partial charge in [-0.3, -0.25) is 4.79 Å². The van der Waals surface area contributed by atoms with E-state index in [0.717, 1.165) is 62.3 Å². The van der Waals surface area contributed by atoms with Crippen molar-refractivity contribution in [2.45, 2.75) is 116 Å². The third kappa shape index (κ3) is 7.71. The van der Waals surface area contributed by atoms with Crippen molar-refractivity contribution in [3.05, 3.63) is 0 Å². The first-order chi connectivity index (χ1) is 15.0. The number of carbonyl (C=O) groups excluding carboxylic acids is 1. The fraction of sp³-hybridized carbons (Fsp3) is 0.962. The lowest BCUT2D eigenvalue weighted by Gasteiger charge is -2.37. The normalized spacial score (nSPS) is 32.8. The van der Waals surface area contributed by atoms with Crippen molar-refractivity contribution in [3.63, 3.8) is 0 Å². The molecule has 1 amide bonds. The van der Waals surface area contributed by atoms with Crippen molar-refractivity contribution < 1.29 is 19.4 Å². The highest BCUT2D eigenvalue weighted by molar-refractivity contribution is 5.77. The van der Waals surface area contributed by atoms with Crippen LogP contribution in [0.1, 0.15) is 97.8 Å². The number of aliphatic hydroxyl groups excluding tert-OH is 1. The summed E-state index contributed by atoms with van der Waals surface area (Å²) in [5.41, 5.74) is 0. The second kappa shape index (κ2) is 12.6. The fourth-order valence-corrected chi connectivity index (χ4v) is 6.31. The largest absolute Gasteiger partial charge is 0.393 e. The van der Waals surface area contributed by atoms with Gasteiger partial charge in [-0.2, -0.15) is 0 Å². The van der Waals surface area contributed by atoms with Crippen LogP contribution >= 0.6 is 0 Å². The number of ether oxygens (including phenoxy) is 2. The number of rotatable bonds is 11. The van der Waals surface area contributed by atoms with Crippen molar-refractivity contribution in [2.24, 2.45) is 23.7 Å². The number of hydrogen-bond donors (Lipinski definition) is 1. The Morgan fingerprint density at radius 2 is 1.71 bits per heavy atom. The van der Waals surface area contributed by atoms with E-state index in [9.17, 15) is 9.90 Å². The lowest BCUT2D eigenvalue weighted by atomic mass is 9.70. The summed E-state index contributed by atoms with van der Waals surface area (Å²) < 4.78 is 12.0. The molecule has 3 fully saturated rings. The third-order valence-corrected chi connectivity index (χ3v) is 8.40. The Balaban J connectivity index is 1.32. The van der Waals surface area contributed by atoms with Gasteiger partial charge in [-0.05, 0) is 94.8 Å². The number of nitrogens with zero attached hydrogens (tertiary/aromatic N) is 1. The van der Waals surface area contributed by atoms with Gasteiger partial charge in [-0.25, -0.2) is 0 Å². The topological polar surface area (TPSA) is 59.0 Å². The van der Waals surface area contributed by atoms with Crippen LogP contribution in [0.2, 0.25) is 0 Å². The van der Waals surface area contributed by atoms with Gasteiger partial charge in [0.15, 0.2) is 6.29 Å². The Morgan fingerprint density at radius 1 is 1.03 bits per heavy atom. The molecule has 3 atom stereocenters. The van der Waals surface area contributed by atoms with Crippen LogP contribution in [0.4, 0.5) is 0 Å². The predicted octanol–water partition coefficient (Wildman–Crippen LogP) is 5.15. The molecule has 3 rings (SSSR count). The van der Waals surface area contributed by atoms with Crippen LogP contribution < -0.4 is 0 Å². The number of carbonyl (C=O) groups is 1. The highest BCUT2D eigenvalue weighted by Crippen LogP contribution is 2.40. The van der Waals surface area contributed by atoms with Gasteiger partial charge in [0.2, 0.25) is 5.91 Å². The highest BCUT2D eigenvalue weighted by Gasteiger charge is 2.31. The molecule has 1 N–H and O–H groups in total. The van der Waals surface area contributed by atoms with Crippen molar-refractivity contribution in [3.8, 4) is 0 Å². The van der Waals surface area contributed by atoms with Gasteiger partial charge in [0.25, 0.3) is 0 Å². The molecule has 3 unspecified atom stereocenters.